The molecular formula is C9H9BO4. The van der Waals surface area contributed by atoms with E-state index in [1.807, 2.05) is 0 Å². The fourth-order valence-electron chi connectivity index (χ4n) is 1.14. The minimum atomic E-state index is -1.06. The first-order valence-electron chi connectivity index (χ1n) is 3.98. The zero-order valence-electron chi connectivity index (χ0n) is 7.90. The number of carboxylic acid groups (broad SMARTS) is 1. The molecule has 72 valence electrons. The van der Waals surface area contributed by atoms with Gasteiger partial charge in [0.1, 0.15) is 7.85 Å². The Labute approximate surface area is 81.9 Å². The van der Waals surface area contributed by atoms with Gasteiger partial charge in [0.2, 0.25) is 0 Å². The van der Waals surface area contributed by atoms with E-state index in [2.05, 4.69) is 4.74 Å². The Morgan fingerprint density at radius 1 is 1.29 bits per heavy atom. The van der Waals surface area contributed by atoms with Gasteiger partial charge in [0.05, 0.1) is 18.2 Å². The Balaban J connectivity index is 3.20. The average Bonchev–Trinajstić information content (AvgIpc) is 2.15. The molecule has 1 rings (SSSR count). The maximum absolute atomic E-state index is 11.1. The molecule has 1 aromatic carbocycles. The molecule has 4 nitrogen and oxygen atoms in total. The van der Waals surface area contributed by atoms with E-state index in [1.54, 1.807) is 13.9 Å². The minimum Gasteiger partial charge on any atom is -0.478 e. The minimum absolute atomic E-state index is 0.0883. The van der Waals surface area contributed by atoms with Crippen molar-refractivity contribution < 1.29 is 19.4 Å². The van der Waals surface area contributed by atoms with Gasteiger partial charge < -0.3 is 9.84 Å². The second kappa shape index (κ2) is 3.96. The van der Waals surface area contributed by atoms with Crippen LogP contribution in [0.2, 0.25) is 0 Å². The predicted octanol–water partition coefficient (Wildman–Crippen LogP) is -0.570. The highest BCUT2D eigenvalue weighted by atomic mass is 16.5. The Bertz CT molecular complexity index is 386. The van der Waals surface area contributed by atoms with Crippen LogP contribution in [0.3, 0.4) is 0 Å². The largest absolute Gasteiger partial charge is 0.478 e. The van der Waals surface area contributed by atoms with Crippen molar-refractivity contribution >= 4 is 25.2 Å². The first-order chi connectivity index (χ1) is 6.54. The smallest absolute Gasteiger partial charge is 0.337 e. The van der Waals surface area contributed by atoms with Gasteiger partial charge in [-0.1, -0.05) is 17.6 Å². The number of carboxylic acids is 1. The maximum Gasteiger partial charge on any atom is 0.337 e. The van der Waals surface area contributed by atoms with Crippen LogP contribution in [0.1, 0.15) is 20.7 Å². The van der Waals surface area contributed by atoms with E-state index in [9.17, 15) is 9.59 Å². The molecule has 0 bridgehead atoms. The number of carbonyl (C=O) groups is 2. The molecule has 0 aromatic heterocycles. The quantitative estimate of drug-likeness (QED) is 0.503. The standard InChI is InChI=1S/C9H9BO4/c1-14-9(13)6-2-5(8(11)12)3-7(10)4-6/h2-4H,10H2,1H3,(H,11,12). The summed E-state index contributed by atoms with van der Waals surface area (Å²) in [6, 6.07) is 4.37. The van der Waals surface area contributed by atoms with Crippen molar-refractivity contribution in [3.63, 3.8) is 0 Å². The van der Waals surface area contributed by atoms with Crippen molar-refractivity contribution in [1.29, 1.82) is 0 Å². The summed E-state index contributed by atoms with van der Waals surface area (Å²) in [6.45, 7) is 0. The molecule has 0 amide bonds. The van der Waals surface area contributed by atoms with Gasteiger partial charge in [0, 0.05) is 0 Å². The van der Waals surface area contributed by atoms with Gasteiger partial charge in [-0.05, 0) is 6.07 Å². The number of hydrogen-bond donors (Lipinski definition) is 1. The normalized spacial score (nSPS) is 9.50. The van der Waals surface area contributed by atoms with Crippen molar-refractivity contribution in [1.82, 2.24) is 0 Å². The highest BCUT2D eigenvalue weighted by molar-refractivity contribution is 6.33. The lowest BCUT2D eigenvalue weighted by Gasteiger charge is -2.02. The molecule has 0 saturated heterocycles. The SMILES string of the molecule is Bc1cc(C(=O)O)cc(C(=O)OC)c1. The summed E-state index contributed by atoms with van der Waals surface area (Å²) < 4.78 is 4.49. The second-order valence-electron chi connectivity index (χ2n) is 2.88. The van der Waals surface area contributed by atoms with Gasteiger partial charge in [-0.3, -0.25) is 0 Å². The number of carbonyl (C=O) groups excluding carboxylic acids is 1. The van der Waals surface area contributed by atoms with Gasteiger partial charge in [-0.2, -0.15) is 0 Å². The lowest BCUT2D eigenvalue weighted by atomic mass is 9.92. The van der Waals surface area contributed by atoms with Gasteiger partial charge in [0.25, 0.3) is 0 Å². The van der Waals surface area contributed by atoms with Crippen LogP contribution in [0.5, 0.6) is 0 Å². The van der Waals surface area contributed by atoms with E-state index in [4.69, 9.17) is 5.11 Å². The molecule has 0 unspecified atom stereocenters. The van der Waals surface area contributed by atoms with E-state index in [0.717, 1.165) is 0 Å². The number of methoxy groups -OCH3 is 1. The van der Waals surface area contributed by atoms with E-state index in [0.29, 0.717) is 5.46 Å². The molecule has 14 heavy (non-hydrogen) atoms. The van der Waals surface area contributed by atoms with Crippen LogP contribution < -0.4 is 5.46 Å². The first kappa shape index (κ1) is 10.3. The summed E-state index contributed by atoms with van der Waals surface area (Å²) in [5.74, 6) is -1.59. The molecule has 5 heteroatoms. The number of aromatic carboxylic acids is 1. The van der Waals surface area contributed by atoms with Crippen molar-refractivity contribution in [2.24, 2.45) is 0 Å². The third-order valence-electron chi connectivity index (χ3n) is 1.75. The van der Waals surface area contributed by atoms with Crippen LogP contribution in [0.4, 0.5) is 0 Å². The van der Waals surface area contributed by atoms with Crippen molar-refractivity contribution in [2.45, 2.75) is 0 Å². The highest BCUT2D eigenvalue weighted by Crippen LogP contribution is 2.04. The Hall–Kier alpha value is -1.78. The zero-order valence-corrected chi connectivity index (χ0v) is 7.90. The van der Waals surface area contributed by atoms with Crippen LogP contribution in [0.15, 0.2) is 18.2 Å². The van der Waals surface area contributed by atoms with Gasteiger partial charge in [0.15, 0.2) is 0 Å². The van der Waals surface area contributed by atoms with E-state index >= 15 is 0 Å². The Kier molecular flexibility index (Phi) is 2.91. The second-order valence-corrected chi connectivity index (χ2v) is 2.88. The molecule has 1 N–H and O–H groups in total. The molecule has 0 atom stereocenters. The monoisotopic (exact) mass is 192 g/mol. The van der Waals surface area contributed by atoms with Crippen molar-refractivity contribution in [3.8, 4) is 0 Å². The number of rotatable bonds is 2. The Morgan fingerprint density at radius 2 is 1.86 bits per heavy atom. The van der Waals surface area contributed by atoms with Crippen LogP contribution in [-0.4, -0.2) is 32.0 Å². The average molecular weight is 192 g/mol. The predicted molar refractivity (Wildman–Crippen MR) is 52.9 cm³/mol. The molecule has 0 saturated carbocycles. The van der Waals surface area contributed by atoms with Gasteiger partial charge in [-0.25, -0.2) is 9.59 Å². The van der Waals surface area contributed by atoms with E-state index in [1.165, 1.54) is 19.2 Å². The van der Waals surface area contributed by atoms with Gasteiger partial charge in [-0.15, -0.1) is 0 Å². The maximum atomic E-state index is 11.1. The zero-order chi connectivity index (χ0) is 10.7. The number of hydrogen-bond acceptors (Lipinski definition) is 3. The molecule has 0 spiro atoms. The lowest BCUT2D eigenvalue weighted by Crippen LogP contribution is -2.12. The van der Waals surface area contributed by atoms with Gasteiger partial charge >= 0.3 is 11.9 Å². The fraction of sp³-hybridized carbons (Fsp3) is 0.111. The number of ether oxygens (including phenoxy) is 1. The van der Waals surface area contributed by atoms with Crippen molar-refractivity contribution in [3.05, 3.63) is 29.3 Å². The topological polar surface area (TPSA) is 63.6 Å². The van der Waals surface area contributed by atoms with Crippen LogP contribution in [0, 0.1) is 0 Å². The summed E-state index contributed by atoms with van der Waals surface area (Å²) in [6.07, 6.45) is 0. The third-order valence-corrected chi connectivity index (χ3v) is 1.75. The number of esters is 1. The fourth-order valence-corrected chi connectivity index (χ4v) is 1.14. The molecule has 0 heterocycles. The molecule has 0 radical (unpaired) electrons. The Morgan fingerprint density at radius 3 is 2.36 bits per heavy atom. The molecular weight excluding hydrogens is 183 g/mol. The molecule has 0 aliphatic heterocycles. The van der Waals surface area contributed by atoms with Crippen LogP contribution in [-0.2, 0) is 4.74 Å². The van der Waals surface area contributed by atoms with E-state index < -0.39 is 11.9 Å². The highest BCUT2D eigenvalue weighted by Gasteiger charge is 2.10. The van der Waals surface area contributed by atoms with E-state index in [-0.39, 0.29) is 11.1 Å². The molecule has 1 aromatic rings. The summed E-state index contributed by atoms with van der Waals surface area (Å²) in [5.41, 5.74) is 1.06. The van der Waals surface area contributed by atoms with Crippen molar-refractivity contribution in [2.75, 3.05) is 7.11 Å². The summed E-state index contributed by atoms with van der Waals surface area (Å²) in [4.78, 5) is 21.8. The van der Waals surface area contributed by atoms with Crippen LogP contribution in [0.25, 0.3) is 0 Å². The molecule has 0 fully saturated rings. The molecule has 0 aliphatic carbocycles. The summed E-state index contributed by atoms with van der Waals surface area (Å²) in [7, 11) is 2.98. The molecule has 0 aliphatic rings. The van der Waals surface area contributed by atoms with Crippen LogP contribution >= 0.6 is 0 Å². The third kappa shape index (κ3) is 2.13. The summed E-state index contributed by atoms with van der Waals surface area (Å²) >= 11 is 0. The first-order valence-corrected chi connectivity index (χ1v) is 3.98. The summed E-state index contributed by atoms with van der Waals surface area (Å²) in [5, 5.41) is 8.74. The number of benzene rings is 1. The lowest BCUT2D eigenvalue weighted by molar-refractivity contribution is 0.0601.